The number of hydrogen-bond acceptors (Lipinski definition) is 4. The Bertz CT molecular complexity index is 476. The Hall–Kier alpha value is 1.30. The molecule has 0 aromatic heterocycles. The van der Waals surface area contributed by atoms with Crippen molar-refractivity contribution in [3.05, 3.63) is 60.7 Å². The second-order valence-electron chi connectivity index (χ2n) is 3.10. The van der Waals surface area contributed by atoms with Crippen LogP contribution in [-0.2, 0) is 22.2 Å². The molecule has 0 radical (unpaired) electrons. The molecule has 0 bridgehead atoms. The minimum atomic E-state index is -2.08. The minimum Gasteiger partial charge on any atom is -0.768 e. The Morgan fingerprint density at radius 2 is 0.900 bits per heavy atom. The molecule has 2 unspecified atom stereocenters. The fraction of sp³-hybridized carbons (Fsp3) is 0. The summed E-state index contributed by atoms with van der Waals surface area (Å²) in [7, 11) is 0. The van der Waals surface area contributed by atoms with Gasteiger partial charge in [0.25, 0.3) is 0 Å². The summed E-state index contributed by atoms with van der Waals surface area (Å²) in [5.74, 6) is 0. The van der Waals surface area contributed by atoms with Crippen molar-refractivity contribution >= 4 is 22.2 Å². The third-order valence-corrected chi connectivity index (χ3v) is 3.19. The Morgan fingerprint density at radius 1 is 0.650 bits per heavy atom. The van der Waals surface area contributed by atoms with Crippen molar-refractivity contribution in [2.24, 2.45) is 0 Å². The molecule has 0 saturated carbocycles. The Labute approximate surface area is 188 Å². The van der Waals surface area contributed by atoms with Gasteiger partial charge in [0.15, 0.2) is 0 Å². The summed E-state index contributed by atoms with van der Waals surface area (Å²) in [6, 6.07) is 16.5. The molecule has 0 fully saturated rings. The Kier molecular flexibility index (Phi) is 16.4. The fourth-order valence-electron chi connectivity index (χ4n) is 1.06. The average molecular weight is 344 g/mol. The number of benzene rings is 2. The molecule has 2 rings (SSSR count). The zero-order chi connectivity index (χ0) is 13.4. The first kappa shape index (κ1) is 23.6. The topological polar surface area (TPSA) is 80.3 Å². The third kappa shape index (κ3) is 10.1. The average Bonchev–Trinajstić information content (AvgIpc) is 2.41. The summed E-state index contributed by atoms with van der Waals surface area (Å²) in [5.41, 5.74) is 0. The van der Waals surface area contributed by atoms with E-state index in [1.165, 1.54) is 0 Å². The number of rotatable bonds is 2. The van der Waals surface area contributed by atoms with Crippen molar-refractivity contribution in [1.29, 1.82) is 0 Å². The van der Waals surface area contributed by atoms with Gasteiger partial charge >= 0.3 is 80.9 Å². The fourth-order valence-corrected chi connectivity index (χ4v) is 1.82. The summed E-state index contributed by atoms with van der Waals surface area (Å²) in [6.07, 6.45) is 0. The van der Waals surface area contributed by atoms with E-state index in [-0.39, 0.29) is 80.9 Å². The van der Waals surface area contributed by atoms with Crippen molar-refractivity contribution in [3.63, 3.8) is 0 Å². The van der Waals surface area contributed by atoms with E-state index in [1.807, 2.05) is 0 Å². The molecule has 96 valence electrons. The quantitative estimate of drug-likeness (QED) is 0.409. The molecule has 0 saturated heterocycles. The smallest absolute Gasteiger partial charge is 0.768 e. The molecule has 0 heterocycles. The van der Waals surface area contributed by atoms with Gasteiger partial charge in [-0.25, -0.2) is 0 Å². The zero-order valence-corrected chi connectivity index (χ0v) is 18.0. The van der Waals surface area contributed by atoms with Crippen LogP contribution in [0.5, 0.6) is 0 Å². The van der Waals surface area contributed by atoms with Crippen LogP contribution < -0.4 is 80.9 Å². The van der Waals surface area contributed by atoms with E-state index in [0.29, 0.717) is 9.79 Å². The molecule has 0 aliphatic heterocycles. The zero-order valence-electron chi connectivity index (χ0n) is 11.2. The van der Waals surface area contributed by atoms with Crippen LogP contribution in [0.1, 0.15) is 0 Å². The van der Waals surface area contributed by atoms with E-state index in [2.05, 4.69) is 0 Å². The number of hydrogen-bond donors (Lipinski definition) is 0. The van der Waals surface area contributed by atoms with Gasteiger partial charge < -0.3 is 9.11 Å². The first-order chi connectivity index (χ1) is 8.61. The van der Waals surface area contributed by atoms with Crippen LogP contribution in [0.2, 0.25) is 0 Å². The molecule has 2 aromatic carbocycles. The van der Waals surface area contributed by atoms with Gasteiger partial charge in [0.1, 0.15) is 0 Å². The standard InChI is InChI=1S/2C6H6O2S.K.Na/c2*7-9(8)6-4-2-1-3-5-6;;/h2*1-5H,(H,7,8);;/q;;2*+1/p-2. The molecule has 4 nitrogen and oxygen atoms in total. The maximum Gasteiger partial charge on any atom is 1.00 e. The predicted molar refractivity (Wildman–Crippen MR) is 67.3 cm³/mol. The van der Waals surface area contributed by atoms with Crippen LogP contribution in [0.25, 0.3) is 0 Å². The molecule has 0 amide bonds. The van der Waals surface area contributed by atoms with E-state index < -0.39 is 22.2 Å². The van der Waals surface area contributed by atoms with Gasteiger partial charge in [0.2, 0.25) is 0 Å². The minimum absolute atomic E-state index is 0. The second-order valence-corrected chi connectivity index (χ2v) is 4.98. The van der Waals surface area contributed by atoms with E-state index in [0.717, 1.165) is 0 Å². The summed E-state index contributed by atoms with van der Waals surface area (Å²) < 4.78 is 40.8. The first-order valence-electron chi connectivity index (χ1n) is 4.90. The van der Waals surface area contributed by atoms with Crippen LogP contribution in [0.4, 0.5) is 0 Å². The Balaban J connectivity index is 0. The molecular weight excluding hydrogens is 334 g/mol. The molecule has 0 aliphatic carbocycles. The molecule has 2 aromatic rings. The van der Waals surface area contributed by atoms with Crippen LogP contribution in [0.3, 0.4) is 0 Å². The van der Waals surface area contributed by atoms with Crippen LogP contribution >= 0.6 is 0 Å². The van der Waals surface area contributed by atoms with Gasteiger partial charge in [-0.15, -0.1) is 0 Å². The van der Waals surface area contributed by atoms with Gasteiger partial charge in [-0.05, 0) is 46.4 Å². The van der Waals surface area contributed by atoms with Gasteiger partial charge in [-0.3, -0.25) is 8.42 Å². The van der Waals surface area contributed by atoms with Gasteiger partial charge in [-0.1, -0.05) is 36.4 Å². The van der Waals surface area contributed by atoms with E-state index in [9.17, 15) is 17.5 Å². The summed E-state index contributed by atoms with van der Waals surface area (Å²) in [6.45, 7) is 0. The molecule has 2 atom stereocenters. The Morgan fingerprint density at radius 3 is 1.05 bits per heavy atom. The second kappa shape index (κ2) is 13.9. The third-order valence-electron chi connectivity index (χ3n) is 1.87. The van der Waals surface area contributed by atoms with Crippen LogP contribution in [-0.4, -0.2) is 17.5 Å². The molecule has 20 heavy (non-hydrogen) atoms. The molecule has 0 aliphatic rings. The summed E-state index contributed by atoms with van der Waals surface area (Å²) >= 11 is -4.16. The van der Waals surface area contributed by atoms with Gasteiger partial charge in [0.05, 0.1) is 0 Å². The van der Waals surface area contributed by atoms with E-state index in [4.69, 9.17) is 0 Å². The van der Waals surface area contributed by atoms with Crippen LogP contribution in [0.15, 0.2) is 70.5 Å². The van der Waals surface area contributed by atoms with Crippen molar-refractivity contribution in [2.45, 2.75) is 9.79 Å². The predicted octanol–water partition coefficient (Wildman–Crippen LogP) is -4.14. The molecular formula is C12H10KNaO4S2. The van der Waals surface area contributed by atoms with E-state index in [1.54, 1.807) is 60.7 Å². The van der Waals surface area contributed by atoms with Crippen molar-refractivity contribution in [2.75, 3.05) is 0 Å². The summed E-state index contributed by atoms with van der Waals surface area (Å²) in [5, 5.41) is 0. The first-order valence-corrected chi connectivity index (χ1v) is 7.05. The van der Waals surface area contributed by atoms with Gasteiger partial charge in [0, 0.05) is 9.79 Å². The maximum atomic E-state index is 10.2. The monoisotopic (exact) mass is 344 g/mol. The normalized spacial score (nSPS) is 11.7. The van der Waals surface area contributed by atoms with Crippen LogP contribution in [0, 0.1) is 0 Å². The van der Waals surface area contributed by atoms with Crippen molar-refractivity contribution in [3.8, 4) is 0 Å². The molecule has 8 heteroatoms. The largest absolute Gasteiger partial charge is 1.00 e. The van der Waals surface area contributed by atoms with Gasteiger partial charge in [-0.2, -0.15) is 0 Å². The van der Waals surface area contributed by atoms with E-state index >= 15 is 0 Å². The van der Waals surface area contributed by atoms with Crippen molar-refractivity contribution < 1.29 is 98.5 Å². The molecule has 0 spiro atoms. The maximum absolute atomic E-state index is 10.2. The summed E-state index contributed by atoms with van der Waals surface area (Å²) in [4.78, 5) is 0.662. The molecule has 0 N–H and O–H groups in total. The van der Waals surface area contributed by atoms with Crippen molar-refractivity contribution in [1.82, 2.24) is 0 Å². The SMILES string of the molecule is O=S([O-])c1ccccc1.O=S([O-])c1ccccc1.[K+].[Na+].